The molecule has 1 unspecified atom stereocenters. The predicted octanol–water partition coefficient (Wildman–Crippen LogP) is 1.94. The zero-order chi connectivity index (χ0) is 17.4. The van der Waals surface area contributed by atoms with Gasteiger partial charge in [-0.15, -0.1) is 0 Å². The minimum Gasteiger partial charge on any atom is -0.497 e. The standard InChI is InChI=1S/C18H17N3O4/c1-24-12-6-4-11(5-7-12)16-15-14(19-18(23)20-16)10-21(17(15)22)9-13-3-2-8-25-13/h2-8,16H,9-10H2,1H3,(H2,19,20,23). The summed E-state index contributed by atoms with van der Waals surface area (Å²) in [5.41, 5.74) is 2.04. The van der Waals surface area contributed by atoms with Gasteiger partial charge in [0.15, 0.2) is 0 Å². The molecule has 2 aliphatic heterocycles. The van der Waals surface area contributed by atoms with E-state index < -0.39 is 6.04 Å². The highest BCUT2D eigenvalue weighted by Crippen LogP contribution is 2.33. The molecule has 128 valence electrons. The Morgan fingerprint density at radius 3 is 2.72 bits per heavy atom. The van der Waals surface area contributed by atoms with Crippen molar-refractivity contribution in [2.75, 3.05) is 13.7 Å². The average Bonchev–Trinajstić information content (AvgIpc) is 3.23. The first kappa shape index (κ1) is 15.3. The van der Waals surface area contributed by atoms with Crippen molar-refractivity contribution in [3.8, 4) is 5.75 Å². The Labute approximate surface area is 144 Å². The van der Waals surface area contributed by atoms with Gasteiger partial charge in [0, 0.05) is 0 Å². The molecule has 0 spiro atoms. The van der Waals surface area contributed by atoms with Gasteiger partial charge in [-0.05, 0) is 29.8 Å². The van der Waals surface area contributed by atoms with Crippen molar-refractivity contribution < 1.29 is 18.7 Å². The smallest absolute Gasteiger partial charge is 0.319 e. The fraction of sp³-hybridized carbons (Fsp3) is 0.222. The maximum Gasteiger partial charge on any atom is 0.319 e. The van der Waals surface area contributed by atoms with Crippen molar-refractivity contribution >= 4 is 11.9 Å². The highest BCUT2D eigenvalue weighted by Gasteiger charge is 2.40. The molecule has 0 bridgehead atoms. The van der Waals surface area contributed by atoms with Gasteiger partial charge in [0.1, 0.15) is 11.5 Å². The Kier molecular flexibility index (Phi) is 3.68. The molecule has 4 rings (SSSR count). The van der Waals surface area contributed by atoms with Crippen LogP contribution in [0.25, 0.3) is 0 Å². The van der Waals surface area contributed by atoms with Crippen molar-refractivity contribution in [1.82, 2.24) is 15.5 Å². The first-order chi connectivity index (χ1) is 12.2. The second-order valence-electron chi connectivity index (χ2n) is 5.94. The van der Waals surface area contributed by atoms with Gasteiger partial charge in [-0.25, -0.2) is 4.79 Å². The third kappa shape index (κ3) is 2.73. The van der Waals surface area contributed by atoms with Crippen LogP contribution in [0.15, 0.2) is 58.3 Å². The van der Waals surface area contributed by atoms with Crippen LogP contribution < -0.4 is 15.4 Å². The van der Waals surface area contributed by atoms with Gasteiger partial charge >= 0.3 is 6.03 Å². The molecule has 1 aromatic heterocycles. The van der Waals surface area contributed by atoms with E-state index in [4.69, 9.17) is 9.15 Å². The lowest BCUT2D eigenvalue weighted by atomic mass is 9.96. The summed E-state index contributed by atoms with van der Waals surface area (Å²) in [4.78, 5) is 26.6. The fourth-order valence-electron chi connectivity index (χ4n) is 3.19. The highest BCUT2D eigenvalue weighted by molar-refractivity contribution is 6.01. The van der Waals surface area contributed by atoms with E-state index in [1.165, 1.54) is 0 Å². The SMILES string of the molecule is COc1ccc(C2NC(=O)NC3=C2C(=O)N(Cc2ccco2)C3)cc1. The van der Waals surface area contributed by atoms with E-state index in [1.807, 2.05) is 30.3 Å². The molecule has 1 atom stereocenters. The molecule has 0 saturated heterocycles. The van der Waals surface area contributed by atoms with E-state index in [0.717, 1.165) is 11.3 Å². The number of furan rings is 1. The molecule has 2 N–H and O–H groups in total. The Hall–Kier alpha value is -3.22. The maximum atomic E-state index is 12.9. The van der Waals surface area contributed by atoms with Crippen LogP contribution in [0.2, 0.25) is 0 Å². The first-order valence-electron chi connectivity index (χ1n) is 7.92. The van der Waals surface area contributed by atoms with E-state index in [-0.39, 0.29) is 11.9 Å². The molecule has 0 saturated carbocycles. The molecule has 2 aliphatic rings. The minimum absolute atomic E-state index is 0.111. The number of hydrogen-bond donors (Lipinski definition) is 2. The van der Waals surface area contributed by atoms with Crippen molar-refractivity contribution in [3.63, 3.8) is 0 Å². The van der Waals surface area contributed by atoms with Crippen LogP contribution in [0.4, 0.5) is 4.79 Å². The van der Waals surface area contributed by atoms with Gasteiger partial charge in [0.25, 0.3) is 5.91 Å². The summed E-state index contributed by atoms with van der Waals surface area (Å²) in [7, 11) is 1.59. The van der Waals surface area contributed by atoms with Gasteiger partial charge < -0.3 is 24.7 Å². The third-order valence-corrected chi connectivity index (χ3v) is 4.40. The Bertz CT molecular complexity index is 840. The summed E-state index contributed by atoms with van der Waals surface area (Å²) in [5, 5.41) is 5.58. The summed E-state index contributed by atoms with van der Waals surface area (Å²) in [6.45, 7) is 0.721. The lowest BCUT2D eigenvalue weighted by Crippen LogP contribution is -2.44. The Balaban J connectivity index is 1.63. The van der Waals surface area contributed by atoms with Gasteiger partial charge in [0.05, 0.1) is 43.8 Å². The number of rotatable bonds is 4. The van der Waals surface area contributed by atoms with Crippen LogP contribution in [0, 0.1) is 0 Å². The number of benzene rings is 1. The molecule has 3 amide bonds. The van der Waals surface area contributed by atoms with E-state index in [1.54, 1.807) is 24.3 Å². The lowest BCUT2D eigenvalue weighted by molar-refractivity contribution is -0.126. The van der Waals surface area contributed by atoms with Crippen molar-refractivity contribution in [1.29, 1.82) is 0 Å². The Morgan fingerprint density at radius 1 is 1.24 bits per heavy atom. The molecule has 3 heterocycles. The van der Waals surface area contributed by atoms with Gasteiger partial charge in [-0.3, -0.25) is 4.79 Å². The van der Waals surface area contributed by atoms with E-state index in [2.05, 4.69) is 10.6 Å². The molecule has 7 heteroatoms. The average molecular weight is 339 g/mol. The minimum atomic E-state index is -0.483. The number of nitrogens with one attached hydrogen (secondary N) is 2. The second-order valence-corrected chi connectivity index (χ2v) is 5.94. The van der Waals surface area contributed by atoms with Crippen LogP contribution in [-0.4, -0.2) is 30.5 Å². The van der Waals surface area contributed by atoms with E-state index in [9.17, 15) is 9.59 Å². The van der Waals surface area contributed by atoms with E-state index >= 15 is 0 Å². The number of nitrogens with zero attached hydrogens (tertiary/aromatic N) is 1. The predicted molar refractivity (Wildman–Crippen MR) is 88.6 cm³/mol. The number of ether oxygens (including phenoxy) is 1. The summed E-state index contributed by atoms with van der Waals surface area (Å²) in [6, 6.07) is 10.1. The van der Waals surface area contributed by atoms with Crippen molar-refractivity contribution in [3.05, 3.63) is 65.3 Å². The largest absolute Gasteiger partial charge is 0.497 e. The van der Waals surface area contributed by atoms with Crippen LogP contribution in [-0.2, 0) is 11.3 Å². The molecule has 2 aromatic rings. The molecule has 0 radical (unpaired) electrons. The lowest BCUT2D eigenvalue weighted by Gasteiger charge is -2.25. The molecular formula is C18H17N3O4. The third-order valence-electron chi connectivity index (χ3n) is 4.40. The number of amides is 3. The summed E-state index contributed by atoms with van der Waals surface area (Å²) >= 11 is 0. The molecule has 7 nitrogen and oxygen atoms in total. The fourth-order valence-corrected chi connectivity index (χ4v) is 3.19. The van der Waals surface area contributed by atoms with Gasteiger partial charge in [-0.1, -0.05) is 12.1 Å². The van der Waals surface area contributed by atoms with Crippen LogP contribution in [0.3, 0.4) is 0 Å². The summed E-state index contributed by atoms with van der Waals surface area (Å²) < 4.78 is 10.5. The van der Waals surface area contributed by atoms with Gasteiger partial charge in [0.2, 0.25) is 0 Å². The molecule has 0 aliphatic carbocycles. The summed E-state index contributed by atoms with van der Waals surface area (Å²) in [6.07, 6.45) is 1.58. The van der Waals surface area contributed by atoms with Crippen molar-refractivity contribution in [2.24, 2.45) is 0 Å². The van der Waals surface area contributed by atoms with Crippen LogP contribution in [0.1, 0.15) is 17.4 Å². The Morgan fingerprint density at radius 2 is 2.04 bits per heavy atom. The molecule has 0 fully saturated rings. The van der Waals surface area contributed by atoms with Crippen LogP contribution in [0.5, 0.6) is 5.75 Å². The monoisotopic (exact) mass is 339 g/mol. The number of hydrogen-bond acceptors (Lipinski definition) is 4. The van der Waals surface area contributed by atoms with Gasteiger partial charge in [-0.2, -0.15) is 0 Å². The number of urea groups is 1. The van der Waals surface area contributed by atoms with Crippen molar-refractivity contribution in [2.45, 2.75) is 12.6 Å². The zero-order valence-corrected chi connectivity index (χ0v) is 13.6. The molecule has 25 heavy (non-hydrogen) atoms. The first-order valence-corrected chi connectivity index (χ1v) is 7.92. The number of carbonyl (C=O) groups is 2. The summed E-state index contributed by atoms with van der Waals surface area (Å²) in [5.74, 6) is 1.31. The number of carbonyl (C=O) groups excluding carboxylic acids is 2. The normalized spacial score (nSPS) is 19.6. The number of methoxy groups -OCH3 is 1. The van der Waals surface area contributed by atoms with Crippen LogP contribution >= 0.6 is 0 Å². The maximum absolute atomic E-state index is 12.9. The quantitative estimate of drug-likeness (QED) is 0.892. The topological polar surface area (TPSA) is 83.8 Å². The molecule has 1 aromatic carbocycles. The highest BCUT2D eigenvalue weighted by atomic mass is 16.5. The van der Waals surface area contributed by atoms with E-state index in [0.29, 0.717) is 30.1 Å². The molecular weight excluding hydrogens is 322 g/mol. The second kappa shape index (κ2) is 6.01. The zero-order valence-electron chi connectivity index (χ0n) is 13.6.